The predicted octanol–water partition coefficient (Wildman–Crippen LogP) is 2.67. The Morgan fingerprint density at radius 3 is 2.87 bits per heavy atom. The van der Waals surface area contributed by atoms with Gasteiger partial charge in [-0.15, -0.1) is 0 Å². The van der Waals surface area contributed by atoms with Crippen molar-refractivity contribution in [1.29, 1.82) is 0 Å². The summed E-state index contributed by atoms with van der Waals surface area (Å²) in [6, 6.07) is 5.43. The molecule has 82 valence electrons. The van der Waals surface area contributed by atoms with E-state index in [2.05, 4.69) is 0 Å². The number of rotatable bonds is 4. The predicted molar refractivity (Wildman–Crippen MR) is 60.8 cm³/mol. The van der Waals surface area contributed by atoms with Crippen LogP contribution in [0.1, 0.15) is 31.7 Å². The largest absolute Gasteiger partial charge is 0.424 e. The number of benzene rings is 1. The number of ether oxygens (including phenoxy) is 1. The van der Waals surface area contributed by atoms with Gasteiger partial charge in [0.1, 0.15) is 0 Å². The number of unbranched alkanes of at least 4 members (excludes halogenated alkanes) is 1. The number of aryl methyl sites for hydroxylation is 1. The fourth-order valence-corrected chi connectivity index (χ4v) is 1.24. The summed E-state index contributed by atoms with van der Waals surface area (Å²) in [5.74, 6) is 0.255. The fraction of sp³-hybridized carbons (Fsp3) is 0.417. The Balaban J connectivity index is 2.64. The van der Waals surface area contributed by atoms with Gasteiger partial charge in [0, 0.05) is 6.42 Å². The summed E-state index contributed by atoms with van der Waals surface area (Å²) in [4.78, 5) is 11.4. The minimum Gasteiger partial charge on any atom is -0.424 e. The number of carbonyl (C=O) groups is 1. The van der Waals surface area contributed by atoms with Gasteiger partial charge in [0.25, 0.3) is 0 Å². The van der Waals surface area contributed by atoms with Crippen molar-refractivity contribution in [3.63, 3.8) is 0 Å². The van der Waals surface area contributed by atoms with Crippen LogP contribution in [0.2, 0.25) is 0 Å². The number of hydrogen-bond acceptors (Lipinski definition) is 3. The highest BCUT2D eigenvalue weighted by Gasteiger charge is 2.07. The van der Waals surface area contributed by atoms with E-state index in [1.807, 2.05) is 26.0 Å². The van der Waals surface area contributed by atoms with Crippen LogP contribution in [0.5, 0.6) is 5.75 Å². The molecule has 1 rings (SSSR count). The highest BCUT2D eigenvalue weighted by molar-refractivity contribution is 5.75. The summed E-state index contributed by atoms with van der Waals surface area (Å²) in [6.07, 6.45) is 2.28. The summed E-state index contributed by atoms with van der Waals surface area (Å²) in [5.41, 5.74) is 7.25. The molecule has 0 spiro atoms. The quantitative estimate of drug-likeness (QED) is 0.469. The highest BCUT2D eigenvalue weighted by atomic mass is 16.5. The van der Waals surface area contributed by atoms with Crippen LogP contribution >= 0.6 is 0 Å². The van der Waals surface area contributed by atoms with Crippen LogP contribution in [0.4, 0.5) is 5.69 Å². The first-order valence-electron chi connectivity index (χ1n) is 5.21. The number of nitrogen functional groups attached to an aromatic ring is 1. The molecule has 0 atom stereocenters. The van der Waals surface area contributed by atoms with Gasteiger partial charge in [-0.25, -0.2) is 0 Å². The van der Waals surface area contributed by atoms with Crippen LogP contribution in [0.3, 0.4) is 0 Å². The Morgan fingerprint density at radius 1 is 1.47 bits per heavy atom. The van der Waals surface area contributed by atoms with E-state index in [4.69, 9.17) is 10.5 Å². The smallest absolute Gasteiger partial charge is 0.311 e. The minimum atomic E-state index is -0.214. The summed E-state index contributed by atoms with van der Waals surface area (Å²) in [5, 5.41) is 0. The monoisotopic (exact) mass is 207 g/mol. The van der Waals surface area contributed by atoms with Crippen LogP contribution in [-0.2, 0) is 4.79 Å². The molecule has 0 aliphatic carbocycles. The average Bonchev–Trinajstić information content (AvgIpc) is 2.22. The summed E-state index contributed by atoms with van der Waals surface area (Å²) >= 11 is 0. The molecule has 0 aliphatic rings. The maximum atomic E-state index is 11.4. The maximum Gasteiger partial charge on any atom is 0.311 e. The maximum absolute atomic E-state index is 11.4. The topological polar surface area (TPSA) is 52.3 Å². The third-order valence-electron chi connectivity index (χ3n) is 2.24. The highest BCUT2D eigenvalue weighted by Crippen LogP contribution is 2.24. The molecule has 0 aromatic heterocycles. The van der Waals surface area contributed by atoms with Gasteiger partial charge >= 0.3 is 5.97 Å². The molecular weight excluding hydrogens is 190 g/mol. The minimum absolute atomic E-state index is 0.214. The van der Waals surface area contributed by atoms with Gasteiger partial charge in [-0.3, -0.25) is 4.79 Å². The molecule has 0 aliphatic heterocycles. The van der Waals surface area contributed by atoms with E-state index in [1.54, 1.807) is 6.07 Å². The van der Waals surface area contributed by atoms with Gasteiger partial charge in [0.15, 0.2) is 5.75 Å². The van der Waals surface area contributed by atoms with Crippen molar-refractivity contribution in [2.75, 3.05) is 5.73 Å². The second-order valence-electron chi connectivity index (χ2n) is 3.56. The van der Waals surface area contributed by atoms with Crippen LogP contribution in [0, 0.1) is 6.92 Å². The second kappa shape index (κ2) is 5.39. The Morgan fingerprint density at radius 2 is 2.20 bits per heavy atom. The first-order chi connectivity index (χ1) is 7.15. The van der Waals surface area contributed by atoms with Gasteiger partial charge in [0.2, 0.25) is 0 Å². The molecule has 0 unspecified atom stereocenters. The number of hydrogen-bond donors (Lipinski definition) is 1. The lowest BCUT2D eigenvalue weighted by atomic mass is 10.2. The van der Waals surface area contributed by atoms with Gasteiger partial charge in [-0.05, 0) is 25.0 Å². The van der Waals surface area contributed by atoms with Gasteiger partial charge < -0.3 is 10.5 Å². The van der Waals surface area contributed by atoms with E-state index in [0.717, 1.165) is 18.4 Å². The zero-order valence-electron chi connectivity index (χ0n) is 9.25. The van der Waals surface area contributed by atoms with Crippen molar-refractivity contribution >= 4 is 11.7 Å². The molecule has 0 radical (unpaired) electrons. The van der Waals surface area contributed by atoms with Crippen molar-refractivity contribution in [3.8, 4) is 5.75 Å². The van der Waals surface area contributed by atoms with Crippen molar-refractivity contribution < 1.29 is 9.53 Å². The van der Waals surface area contributed by atoms with Gasteiger partial charge in [-0.2, -0.15) is 0 Å². The van der Waals surface area contributed by atoms with Crippen molar-refractivity contribution in [3.05, 3.63) is 23.8 Å². The molecule has 1 aromatic carbocycles. The summed E-state index contributed by atoms with van der Waals surface area (Å²) in [7, 11) is 0. The van der Waals surface area contributed by atoms with Crippen LogP contribution < -0.4 is 10.5 Å². The van der Waals surface area contributed by atoms with Crippen LogP contribution in [0.15, 0.2) is 18.2 Å². The van der Waals surface area contributed by atoms with E-state index in [-0.39, 0.29) is 5.97 Å². The van der Waals surface area contributed by atoms with E-state index in [9.17, 15) is 4.79 Å². The average molecular weight is 207 g/mol. The lowest BCUT2D eigenvalue weighted by molar-refractivity contribution is -0.134. The summed E-state index contributed by atoms with van der Waals surface area (Å²) < 4.78 is 5.16. The first-order valence-corrected chi connectivity index (χ1v) is 5.21. The van der Waals surface area contributed by atoms with Gasteiger partial charge in [-0.1, -0.05) is 25.5 Å². The number of carbonyl (C=O) groups excluding carboxylic acids is 1. The normalized spacial score (nSPS) is 10.0. The van der Waals surface area contributed by atoms with E-state index >= 15 is 0 Å². The standard InChI is InChI=1S/C12H17NO2/c1-3-4-8-11(14)15-10-7-5-6-9(2)12(10)13/h5-7H,3-4,8,13H2,1-2H3. The molecule has 0 bridgehead atoms. The van der Waals surface area contributed by atoms with Crippen molar-refractivity contribution in [2.24, 2.45) is 0 Å². The molecule has 1 aromatic rings. The first kappa shape index (κ1) is 11.6. The Bertz CT molecular complexity index is 347. The Labute approximate surface area is 90.2 Å². The zero-order chi connectivity index (χ0) is 11.3. The van der Waals surface area contributed by atoms with Crippen LogP contribution in [0.25, 0.3) is 0 Å². The molecule has 0 saturated carbocycles. The molecule has 0 amide bonds. The lowest BCUT2D eigenvalue weighted by Crippen LogP contribution is -2.09. The number of esters is 1. The molecule has 0 heterocycles. The number of anilines is 1. The Hall–Kier alpha value is -1.51. The Kier molecular flexibility index (Phi) is 4.16. The zero-order valence-corrected chi connectivity index (χ0v) is 9.25. The molecule has 3 nitrogen and oxygen atoms in total. The molecule has 0 saturated heterocycles. The SMILES string of the molecule is CCCCC(=O)Oc1cccc(C)c1N. The number of nitrogens with two attached hydrogens (primary N) is 1. The molecule has 0 fully saturated rings. The van der Waals surface area contributed by atoms with Crippen molar-refractivity contribution in [1.82, 2.24) is 0 Å². The van der Waals surface area contributed by atoms with E-state index in [1.165, 1.54) is 0 Å². The third-order valence-corrected chi connectivity index (χ3v) is 2.24. The van der Waals surface area contributed by atoms with E-state index < -0.39 is 0 Å². The summed E-state index contributed by atoms with van der Waals surface area (Å²) in [6.45, 7) is 3.92. The molecule has 15 heavy (non-hydrogen) atoms. The van der Waals surface area contributed by atoms with E-state index in [0.29, 0.717) is 17.9 Å². The fourth-order valence-electron chi connectivity index (χ4n) is 1.24. The van der Waals surface area contributed by atoms with Gasteiger partial charge in [0.05, 0.1) is 5.69 Å². The third kappa shape index (κ3) is 3.27. The molecule has 3 heteroatoms. The molecule has 2 N–H and O–H groups in total. The molecular formula is C12H17NO2. The van der Waals surface area contributed by atoms with Crippen LogP contribution in [-0.4, -0.2) is 5.97 Å². The second-order valence-corrected chi connectivity index (χ2v) is 3.56. The van der Waals surface area contributed by atoms with Crippen molar-refractivity contribution in [2.45, 2.75) is 33.1 Å². The lowest BCUT2D eigenvalue weighted by Gasteiger charge is -2.08. The number of para-hydroxylation sites is 1.